The summed E-state index contributed by atoms with van der Waals surface area (Å²) in [6, 6.07) is 14.1. The first-order chi connectivity index (χ1) is 9.97. The third kappa shape index (κ3) is 3.92. The average molecular weight is 348 g/mol. The lowest BCUT2D eigenvalue weighted by atomic mass is 10.1. The summed E-state index contributed by atoms with van der Waals surface area (Å²) in [6.45, 7) is 1.50. The molecular weight excluding hydrogens is 334 g/mol. The van der Waals surface area contributed by atoms with Crippen LogP contribution in [0.25, 0.3) is 0 Å². The molecule has 2 rings (SSSR count). The minimum Gasteiger partial charge on any atom is -0.480 e. The number of nitrogens with zero attached hydrogens (tertiary/aromatic N) is 1. The van der Waals surface area contributed by atoms with E-state index in [-0.39, 0.29) is 12.5 Å². The zero-order chi connectivity index (χ0) is 15.4. The van der Waals surface area contributed by atoms with Crippen molar-refractivity contribution in [3.05, 3.63) is 64.1 Å². The first-order valence-corrected chi connectivity index (χ1v) is 7.12. The number of carboxylic acids is 1. The molecule has 0 aliphatic heterocycles. The van der Waals surface area contributed by atoms with E-state index in [4.69, 9.17) is 5.11 Å². The van der Waals surface area contributed by atoms with E-state index >= 15 is 0 Å². The number of hydrogen-bond acceptors (Lipinski definition) is 2. The van der Waals surface area contributed by atoms with Gasteiger partial charge in [-0.3, -0.25) is 14.5 Å². The molecule has 0 fully saturated rings. The number of rotatable bonds is 4. The fourth-order valence-corrected chi connectivity index (χ4v) is 2.65. The number of carbonyl (C=O) groups is 2. The maximum absolute atomic E-state index is 12.6. The van der Waals surface area contributed by atoms with Crippen LogP contribution in [0, 0.1) is 6.92 Å². The van der Waals surface area contributed by atoms with Gasteiger partial charge in [0.05, 0.1) is 0 Å². The number of para-hydroxylation sites is 1. The van der Waals surface area contributed by atoms with Gasteiger partial charge in [-0.2, -0.15) is 0 Å². The quantitative estimate of drug-likeness (QED) is 0.920. The molecule has 4 nitrogen and oxygen atoms in total. The normalized spacial score (nSPS) is 10.2. The molecule has 2 aromatic rings. The first-order valence-electron chi connectivity index (χ1n) is 6.33. The van der Waals surface area contributed by atoms with E-state index in [0.29, 0.717) is 11.3 Å². The van der Waals surface area contributed by atoms with Crippen LogP contribution in [0.2, 0.25) is 0 Å². The van der Waals surface area contributed by atoms with Crippen LogP contribution in [0.15, 0.2) is 53.0 Å². The summed E-state index contributed by atoms with van der Waals surface area (Å²) in [7, 11) is 0. The monoisotopic (exact) mass is 347 g/mol. The number of aryl methyl sites for hydroxylation is 1. The van der Waals surface area contributed by atoms with Crippen molar-refractivity contribution in [2.24, 2.45) is 0 Å². The molecule has 1 N–H and O–H groups in total. The number of anilines is 1. The molecule has 0 bridgehead atoms. The van der Waals surface area contributed by atoms with E-state index in [1.165, 1.54) is 4.90 Å². The summed E-state index contributed by atoms with van der Waals surface area (Å²) in [5.41, 5.74) is 1.94. The topological polar surface area (TPSA) is 57.6 Å². The molecule has 0 radical (unpaired) electrons. The number of carbonyl (C=O) groups excluding carboxylic acids is 1. The van der Waals surface area contributed by atoms with Crippen LogP contribution < -0.4 is 4.90 Å². The zero-order valence-corrected chi connectivity index (χ0v) is 13.0. The smallest absolute Gasteiger partial charge is 0.323 e. The lowest BCUT2D eigenvalue weighted by molar-refractivity contribution is -0.135. The lowest BCUT2D eigenvalue weighted by Gasteiger charge is -2.21. The summed E-state index contributed by atoms with van der Waals surface area (Å²) in [6.07, 6.45) is 0. The SMILES string of the molecule is Cc1cc(Br)cc(C(=O)N(CC(=O)O)c2ccccc2)c1. The van der Waals surface area contributed by atoms with Crippen LogP contribution in [0.3, 0.4) is 0 Å². The van der Waals surface area contributed by atoms with Gasteiger partial charge in [0, 0.05) is 15.7 Å². The van der Waals surface area contributed by atoms with Gasteiger partial charge in [0.2, 0.25) is 0 Å². The minimum absolute atomic E-state index is 0.340. The summed E-state index contributed by atoms with van der Waals surface area (Å²) in [5.74, 6) is -1.40. The molecule has 108 valence electrons. The van der Waals surface area contributed by atoms with E-state index in [2.05, 4.69) is 15.9 Å². The number of benzene rings is 2. The van der Waals surface area contributed by atoms with Crippen molar-refractivity contribution in [2.75, 3.05) is 11.4 Å². The molecular formula is C16H14BrNO3. The molecule has 5 heteroatoms. The van der Waals surface area contributed by atoms with Gasteiger partial charge in [-0.25, -0.2) is 0 Å². The van der Waals surface area contributed by atoms with Gasteiger partial charge < -0.3 is 5.11 Å². The van der Waals surface area contributed by atoms with E-state index < -0.39 is 5.97 Å². The van der Waals surface area contributed by atoms with Crippen LogP contribution in [-0.4, -0.2) is 23.5 Å². The summed E-state index contributed by atoms with van der Waals surface area (Å²) >= 11 is 3.35. The summed E-state index contributed by atoms with van der Waals surface area (Å²) in [4.78, 5) is 24.9. The van der Waals surface area contributed by atoms with Crippen molar-refractivity contribution in [3.8, 4) is 0 Å². The number of carboxylic acid groups (broad SMARTS) is 1. The number of aliphatic carboxylic acids is 1. The second-order valence-electron chi connectivity index (χ2n) is 4.64. The molecule has 2 aromatic carbocycles. The molecule has 0 spiro atoms. The Balaban J connectivity index is 2.41. The minimum atomic E-state index is -1.06. The Labute approximate surface area is 131 Å². The van der Waals surface area contributed by atoms with Crippen LogP contribution in [0.5, 0.6) is 0 Å². The Morgan fingerprint density at radius 1 is 1.14 bits per heavy atom. The van der Waals surface area contributed by atoms with Crippen LogP contribution >= 0.6 is 15.9 Å². The second kappa shape index (κ2) is 6.54. The highest BCUT2D eigenvalue weighted by Gasteiger charge is 2.20. The van der Waals surface area contributed by atoms with Crippen molar-refractivity contribution in [2.45, 2.75) is 6.92 Å². The Kier molecular flexibility index (Phi) is 4.75. The molecule has 0 saturated carbocycles. The molecule has 0 heterocycles. The van der Waals surface area contributed by atoms with E-state index in [1.54, 1.807) is 36.4 Å². The first kappa shape index (κ1) is 15.3. The zero-order valence-electron chi connectivity index (χ0n) is 11.4. The summed E-state index contributed by atoms with van der Waals surface area (Å²) in [5, 5.41) is 9.05. The number of halogens is 1. The summed E-state index contributed by atoms with van der Waals surface area (Å²) < 4.78 is 0.786. The molecule has 0 saturated heterocycles. The fourth-order valence-electron chi connectivity index (χ4n) is 2.04. The molecule has 21 heavy (non-hydrogen) atoms. The molecule has 0 aromatic heterocycles. The maximum Gasteiger partial charge on any atom is 0.323 e. The van der Waals surface area contributed by atoms with Crippen LogP contribution in [0.1, 0.15) is 15.9 Å². The largest absolute Gasteiger partial charge is 0.480 e. The van der Waals surface area contributed by atoms with Gasteiger partial charge in [0.15, 0.2) is 0 Å². The third-order valence-electron chi connectivity index (χ3n) is 2.90. The molecule has 0 aliphatic carbocycles. The number of hydrogen-bond donors (Lipinski definition) is 1. The molecule has 1 amide bonds. The second-order valence-corrected chi connectivity index (χ2v) is 5.55. The van der Waals surface area contributed by atoms with Crippen molar-refractivity contribution >= 4 is 33.5 Å². The van der Waals surface area contributed by atoms with Crippen molar-refractivity contribution in [3.63, 3.8) is 0 Å². The van der Waals surface area contributed by atoms with E-state index in [1.807, 2.05) is 19.1 Å². The fraction of sp³-hybridized carbons (Fsp3) is 0.125. The van der Waals surface area contributed by atoms with Crippen LogP contribution in [0.4, 0.5) is 5.69 Å². The standard InChI is InChI=1S/C16H14BrNO3/c1-11-7-12(9-13(17)8-11)16(21)18(10-15(19)20)14-5-3-2-4-6-14/h2-9H,10H2,1H3,(H,19,20). The van der Waals surface area contributed by atoms with Crippen molar-refractivity contribution in [1.29, 1.82) is 0 Å². The molecule has 0 unspecified atom stereocenters. The average Bonchev–Trinajstić information content (AvgIpc) is 2.44. The van der Waals surface area contributed by atoms with Gasteiger partial charge in [-0.05, 0) is 42.8 Å². The predicted octanol–water partition coefficient (Wildman–Crippen LogP) is 3.49. The Bertz CT molecular complexity index is 650. The van der Waals surface area contributed by atoms with Crippen LogP contribution in [-0.2, 0) is 4.79 Å². The maximum atomic E-state index is 12.6. The highest BCUT2D eigenvalue weighted by molar-refractivity contribution is 9.10. The van der Waals surface area contributed by atoms with Gasteiger partial charge in [0.1, 0.15) is 6.54 Å². The van der Waals surface area contributed by atoms with Crippen molar-refractivity contribution < 1.29 is 14.7 Å². The Morgan fingerprint density at radius 3 is 2.38 bits per heavy atom. The van der Waals surface area contributed by atoms with Gasteiger partial charge >= 0.3 is 5.97 Å². The molecule has 0 aliphatic rings. The lowest BCUT2D eigenvalue weighted by Crippen LogP contribution is -2.35. The Morgan fingerprint density at radius 2 is 1.81 bits per heavy atom. The van der Waals surface area contributed by atoms with Gasteiger partial charge in [-0.15, -0.1) is 0 Å². The van der Waals surface area contributed by atoms with Gasteiger partial charge in [0.25, 0.3) is 5.91 Å². The van der Waals surface area contributed by atoms with E-state index in [9.17, 15) is 9.59 Å². The molecule has 0 atom stereocenters. The van der Waals surface area contributed by atoms with E-state index in [0.717, 1.165) is 10.0 Å². The third-order valence-corrected chi connectivity index (χ3v) is 3.35. The van der Waals surface area contributed by atoms with Crippen molar-refractivity contribution in [1.82, 2.24) is 0 Å². The highest BCUT2D eigenvalue weighted by Crippen LogP contribution is 2.20. The highest BCUT2D eigenvalue weighted by atomic mass is 79.9. The Hall–Kier alpha value is -2.14. The predicted molar refractivity (Wildman–Crippen MR) is 84.6 cm³/mol. The number of amides is 1. The van der Waals surface area contributed by atoms with Gasteiger partial charge in [-0.1, -0.05) is 34.1 Å².